The van der Waals surface area contributed by atoms with Gasteiger partial charge in [0.15, 0.2) is 0 Å². The summed E-state index contributed by atoms with van der Waals surface area (Å²) in [5.74, 6) is 0.794. The number of hydrogen-bond donors (Lipinski definition) is 1. The van der Waals surface area contributed by atoms with Gasteiger partial charge in [-0.15, -0.1) is 0 Å². The number of rotatable bonds is 7. The lowest BCUT2D eigenvalue weighted by atomic mass is 9.93. The van der Waals surface area contributed by atoms with Crippen LogP contribution in [0.5, 0.6) is 0 Å². The van der Waals surface area contributed by atoms with E-state index in [1.165, 1.54) is 0 Å². The van der Waals surface area contributed by atoms with E-state index in [0.29, 0.717) is 12.3 Å². The van der Waals surface area contributed by atoms with Gasteiger partial charge in [-0.3, -0.25) is 9.48 Å². The number of hydrogen-bond acceptors (Lipinski definition) is 3. The second-order valence-corrected chi connectivity index (χ2v) is 8.31. The van der Waals surface area contributed by atoms with E-state index in [1.54, 1.807) is 0 Å². The Morgan fingerprint density at radius 2 is 2.04 bits per heavy atom. The van der Waals surface area contributed by atoms with E-state index in [9.17, 15) is 9.90 Å². The van der Waals surface area contributed by atoms with Gasteiger partial charge < -0.3 is 10.0 Å². The molecule has 2 aromatic rings. The van der Waals surface area contributed by atoms with Gasteiger partial charge in [0.1, 0.15) is 0 Å². The largest absolute Gasteiger partial charge is 0.390 e. The summed E-state index contributed by atoms with van der Waals surface area (Å²) in [6.45, 7) is 6.25. The third kappa shape index (κ3) is 5.93. The van der Waals surface area contributed by atoms with Crippen LogP contribution in [0.4, 0.5) is 0 Å². The van der Waals surface area contributed by atoms with E-state index >= 15 is 0 Å². The van der Waals surface area contributed by atoms with Crippen LogP contribution in [0.1, 0.15) is 55.5 Å². The predicted molar refractivity (Wildman–Crippen MR) is 107 cm³/mol. The van der Waals surface area contributed by atoms with Gasteiger partial charge in [0, 0.05) is 37.6 Å². The smallest absolute Gasteiger partial charge is 0.253 e. The van der Waals surface area contributed by atoms with Gasteiger partial charge in [-0.05, 0) is 75.6 Å². The Labute approximate surface area is 162 Å². The van der Waals surface area contributed by atoms with Gasteiger partial charge in [0.05, 0.1) is 5.60 Å². The van der Waals surface area contributed by atoms with Gasteiger partial charge in [0.2, 0.25) is 0 Å². The fraction of sp³-hybridized carbons (Fsp3) is 0.545. The monoisotopic (exact) mass is 369 g/mol. The lowest BCUT2D eigenvalue weighted by Gasteiger charge is -2.32. The zero-order valence-corrected chi connectivity index (χ0v) is 16.5. The number of carbonyl (C=O) groups is 1. The van der Waals surface area contributed by atoms with Gasteiger partial charge >= 0.3 is 0 Å². The van der Waals surface area contributed by atoms with Crippen LogP contribution in [0.2, 0.25) is 0 Å². The van der Waals surface area contributed by atoms with Crippen molar-refractivity contribution in [1.82, 2.24) is 14.7 Å². The topological polar surface area (TPSA) is 58.4 Å². The lowest BCUT2D eigenvalue weighted by molar-refractivity contribution is 0.0684. The molecule has 146 valence electrons. The fourth-order valence-corrected chi connectivity index (χ4v) is 3.66. The number of amides is 1. The third-order valence-electron chi connectivity index (χ3n) is 5.43. The summed E-state index contributed by atoms with van der Waals surface area (Å²) >= 11 is 0. The number of aliphatic hydroxyl groups is 1. The van der Waals surface area contributed by atoms with Crippen LogP contribution in [-0.2, 0) is 13.0 Å². The minimum atomic E-state index is -0.682. The lowest BCUT2D eigenvalue weighted by Crippen LogP contribution is -2.38. The highest BCUT2D eigenvalue weighted by atomic mass is 16.3. The maximum atomic E-state index is 12.9. The van der Waals surface area contributed by atoms with Crippen LogP contribution >= 0.6 is 0 Å². The average Bonchev–Trinajstić information content (AvgIpc) is 3.18. The van der Waals surface area contributed by atoms with Crippen LogP contribution < -0.4 is 0 Å². The molecule has 3 rings (SSSR count). The maximum absolute atomic E-state index is 12.9. The van der Waals surface area contributed by atoms with Crippen molar-refractivity contribution in [2.75, 3.05) is 13.1 Å². The van der Waals surface area contributed by atoms with E-state index in [4.69, 9.17) is 0 Å². The van der Waals surface area contributed by atoms with E-state index in [0.717, 1.165) is 56.4 Å². The summed E-state index contributed by atoms with van der Waals surface area (Å²) in [4.78, 5) is 14.9. The predicted octanol–water partition coefficient (Wildman–Crippen LogP) is 3.53. The van der Waals surface area contributed by atoms with Crippen molar-refractivity contribution in [2.45, 2.75) is 58.1 Å². The van der Waals surface area contributed by atoms with Crippen molar-refractivity contribution < 1.29 is 9.90 Å². The SMILES string of the molecule is CC(C)(O)CCc1cccc(C(=O)N2CCC(CCn3cccn3)CC2)c1. The molecular formula is C22H31N3O2. The molecule has 0 radical (unpaired) electrons. The van der Waals surface area contributed by atoms with Crippen molar-refractivity contribution in [2.24, 2.45) is 5.92 Å². The summed E-state index contributed by atoms with van der Waals surface area (Å²) < 4.78 is 1.98. The Morgan fingerprint density at radius 1 is 1.26 bits per heavy atom. The molecule has 1 aromatic carbocycles. The Balaban J connectivity index is 1.50. The molecular weight excluding hydrogens is 338 g/mol. The number of carbonyl (C=O) groups excluding carboxylic acids is 1. The summed E-state index contributed by atoms with van der Waals surface area (Å²) in [5, 5.41) is 14.2. The molecule has 0 saturated carbocycles. The highest BCUT2D eigenvalue weighted by molar-refractivity contribution is 5.94. The first-order valence-corrected chi connectivity index (χ1v) is 9.99. The third-order valence-corrected chi connectivity index (χ3v) is 5.43. The van der Waals surface area contributed by atoms with Crippen molar-refractivity contribution in [3.8, 4) is 0 Å². The molecule has 0 spiro atoms. The van der Waals surface area contributed by atoms with E-state index < -0.39 is 5.60 Å². The molecule has 1 saturated heterocycles. The highest BCUT2D eigenvalue weighted by Gasteiger charge is 2.24. The Kier molecular flexibility index (Phi) is 6.32. The number of likely N-dealkylation sites (tertiary alicyclic amines) is 1. The quantitative estimate of drug-likeness (QED) is 0.812. The minimum Gasteiger partial charge on any atom is -0.390 e. The molecule has 1 amide bonds. The summed E-state index contributed by atoms with van der Waals surface area (Å²) in [5.41, 5.74) is 1.19. The number of nitrogens with zero attached hydrogens (tertiary/aromatic N) is 3. The molecule has 1 aliphatic heterocycles. The first-order valence-electron chi connectivity index (χ1n) is 9.99. The van der Waals surface area contributed by atoms with E-state index in [-0.39, 0.29) is 5.91 Å². The first-order chi connectivity index (χ1) is 12.9. The van der Waals surface area contributed by atoms with E-state index in [1.807, 2.05) is 66.2 Å². The van der Waals surface area contributed by atoms with Gasteiger partial charge in [-0.25, -0.2) is 0 Å². The summed E-state index contributed by atoms with van der Waals surface area (Å²) in [6.07, 6.45) is 8.53. The zero-order valence-electron chi connectivity index (χ0n) is 16.5. The molecule has 1 N–H and O–H groups in total. The summed E-state index contributed by atoms with van der Waals surface area (Å²) in [7, 11) is 0. The molecule has 1 aromatic heterocycles. The molecule has 1 aliphatic rings. The van der Waals surface area contributed by atoms with Crippen LogP contribution in [0.3, 0.4) is 0 Å². The average molecular weight is 370 g/mol. The second kappa shape index (κ2) is 8.70. The van der Waals surface area contributed by atoms with Crippen LogP contribution in [0.15, 0.2) is 42.7 Å². The molecule has 5 heteroatoms. The molecule has 0 aliphatic carbocycles. The molecule has 27 heavy (non-hydrogen) atoms. The van der Waals surface area contributed by atoms with Crippen LogP contribution in [0.25, 0.3) is 0 Å². The van der Waals surface area contributed by atoms with E-state index in [2.05, 4.69) is 5.10 Å². The Bertz CT molecular complexity index is 726. The van der Waals surface area contributed by atoms with Crippen molar-refractivity contribution in [3.63, 3.8) is 0 Å². The van der Waals surface area contributed by atoms with Gasteiger partial charge in [0.25, 0.3) is 5.91 Å². The van der Waals surface area contributed by atoms with Crippen molar-refractivity contribution in [1.29, 1.82) is 0 Å². The highest BCUT2D eigenvalue weighted by Crippen LogP contribution is 2.23. The Morgan fingerprint density at radius 3 is 2.70 bits per heavy atom. The molecule has 0 atom stereocenters. The Hall–Kier alpha value is -2.14. The summed E-state index contributed by atoms with van der Waals surface area (Å²) in [6, 6.07) is 9.82. The molecule has 0 unspecified atom stereocenters. The molecule has 5 nitrogen and oxygen atoms in total. The zero-order chi connectivity index (χ0) is 19.3. The van der Waals surface area contributed by atoms with Gasteiger partial charge in [-0.2, -0.15) is 5.10 Å². The molecule has 0 bridgehead atoms. The van der Waals surface area contributed by atoms with Gasteiger partial charge in [-0.1, -0.05) is 12.1 Å². The number of aromatic nitrogens is 2. The van der Waals surface area contributed by atoms with Crippen LogP contribution in [0, 0.1) is 5.92 Å². The fourth-order valence-electron chi connectivity index (χ4n) is 3.66. The van der Waals surface area contributed by atoms with Crippen molar-refractivity contribution in [3.05, 3.63) is 53.9 Å². The maximum Gasteiger partial charge on any atom is 0.253 e. The number of benzene rings is 1. The number of piperidine rings is 1. The molecule has 2 heterocycles. The number of aryl methyl sites for hydroxylation is 2. The standard InChI is InChI=1S/C22H31N3O2/c1-22(2,27)11-7-19-5-3-6-20(17-19)21(26)24-14-8-18(9-15-24)10-16-25-13-4-12-23-25/h3-6,12-13,17-18,27H,7-11,14-16H2,1-2H3. The molecule has 1 fully saturated rings. The normalized spacial score (nSPS) is 15.9. The second-order valence-electron chi connectivity index (χ2n) is 8.31. The van der Waals surface area contributed by atoms with Crippen LogP contribution in [-0.4, -0.2) is 44.4 Å². The van der Waals surface area contributed by atoms with Crippen molar-refractivity contribution >= 4 is 5.91 Å². The first kappa shape index (κ1) is 19.6. The minimum absolute atomic E-state index is 0.130.